The maximum Gasteiger partial charge on any atom is 0.254 e. The van der Waals surface area contributed by atoms with E-state index < -0.39 is 0 Å². The number of nitrogens with one attached hydrogen (secondary N) is 1. The number of hydrazone groups is 1. The first-order valence-electron chi connectivity index (χ1n) is 7.80. The van der Waals surface area contributed by atoms with Gasteiger partial charge in [-0.15, -0.1) is 0 Å². The molecule has 1 aliphatic heterocycles. The van der Waals surface area contributed by atoms with Gasteiger partial charge in [-0.2, -0.15) is 5.10 Å². The summed E-state index contributed by atoms with van der Waals surface area (Å²) in [7, 11) is 0. The first-order chi connectivity index (χ1) is 10.6. The summed E-state index contributed by atoms with van der Waals surface area (Å²) < 4.78 is 5.26. The fraction of sp³-hybridized carbons (Fsp3) is 0.529. The second-order valence-electron chi connectivity index (χ2n) is 5.90. The Morgan fingerprint density at radius 1 is 1.27 bits per heavy atom. The van der Waals surface area contributed by atoms with Gasteiger partial charge in [-0.05, 0) is 24.0 Å². The van der Waals surface area contributed by atoms with E-state index in [4.69, 9.17) is 4.74 Å². The first-order valence-corrected chi connectivity index (χ1v) is 7.80. The van der Waals surface area contributed by atoms with Crippen LogP contribution in [0.1, 0.15) is 37.8 Å². The number of morpholine rings is 1. The third-order valence-electron chi connectivity index (χ3n) is 3.81. The van der Waals surface area contributed by atoms with Crippen molar-refractivity contribution in [1.82, 2.24) is 10.3 Å². The molecule has 1 heterocycles. The molecule has 1 aromatic carbocycles. The molecule has 0 aliphatic carbocycles. The van der Waals surface area contributed by atoms with Crippen LogP contribution in [-0.2, 0) is 9.53 Å². The summed E-state index contributed by atoms with van der Waals surface area (Å²) >= 11 is 0. The maximum absolute atomic E-state index is 11.9. The van der Waals surface area contributed by atoms with Crippen LogP contribution in [0.2, 0.25) is 0 Å². The lowest BCUT2D eigenvalue weighted by Gasteiger charge is -2.25. The van der Waals surface area contributed by atoms with Crippen LogP contribution in [0, 0.1) is 0 Å². The SMILES string of the molecule is C/C(=N/NC(=O)CN1CCOCC1)c1ccc(C(C)C)cc1. The Morgan fingerprint density at radius 2 is 1.91 bits per heavy atom. The lowest BCUT2D eigenvalue weighted by Crippen LogP contribution is -2.42. The van der Waals surface area contributed by atoms with E-state index in [9.17, 15) is 4.79 Å². The Morgan fingerprint density at radius 3 is 2.50 bits per heavy atom. The minimum Gasteiger partial charge on any atom is -0.379 e. The molecule has 1 amide bonds. The Bertz CT molecular complexity index is 517. The van der Waals surface area contributed by atoms with Gasteiger partial charge in [0, 0.05) is 13.1 Å². The van der Waals surface area contributed by atoms with E-state index in [-0.39, 0.29) is 5.91 Å². The molecule has 1 aliphatic rings. The van der Waals surface area contributed by atoms with Crippen molar-refractivity contribution in [3.8, 4) is 0 Å². The zero-order valence-electron chi connectivity index (χ0n) is 13.6. The lowest BCUT2D eigenvalue weighted by atomic mass is 10.0. The molecule has 22 heavy (non-hydrogen) atoms. The van der Waals surface area contributed by atoms with Gasteiger partial charge in [0.1, 0.15) is 0 Å². The van der Waals surface area contributed by atoms with Crippen molar-refractivity contribution in [2.75, 3.05) is 32.8 Å². The number of nitrogens with zero attached hydrogens (tertiary/aromatic N) is 2. The number of carbonyl (C=O) groups is 1. The van der Waals surface area contributed by atoms with E-state index in [0.717, 1.165) is 24.4 Å². The number of carbonyl (C=O) groups excluding carboxylic acids is 1. The minimum absolute atomic E-state index is 0.0833. The van der Waals surface area contributed by atoms with Gasteiger partial charge < -0.3 is 4.74 Å². The highest BCUT2D eigenvalue weighted by Gasteiger charge is 2.13. The summed E-state index contributed by atoms with van der Waals surface area (Å²) in [6.07, 6.45) is 0. The van der Waals surface area contributed by atoms with Crippen molar-refractivity contribution in [2.45, 2.75) is 26.7 Å². The molecule has 0 atom stereocenters. The molecule has 0 spiro atoms. The highest BCUT2D eigenvalue weighted by Crippen LogP contribution is 2.14. The molecule has 0 unspecified atom stereocenters. The van der Waals surface area contributed by atoms with Crippen LogP contribution in [0.15, 0.2) is 29.4 Å². The van der Waals surface area contributed by atoms with Crippen molar-refractivity contribution in [3.05, 3.63) is 35.4 Å². The van der Waals surface area contributed by atoms with Gasteiger partial charge in [0.25, 0.3) is 5.91 Å². The second kappa shape index (κ2) is 8.06. The average molecular weight is 303 g/mol. The molecule has 1 fully saturated rings. The van der Waals surface area contributed by atoms with Gasteiger partial charge >= 0.3 is 0 Å². The van der Waals surface area contributed by atoms with Gasteiger partial charge in [0.2, 0.25) is 0 Å². The topological polar surface area (TPSA) is 53.9 Å². The van der Waals surface area contributed by atoms with E-state index in [2.05, 4.69) is 41.4 Å². The quantitative estimate of drug-likeness (QED) is 0.668. The predicted molar refractivity (Wildman–Crippen MR) is 88.1 cm³/mol. The molecule has 5 nitrogen and oxygen atoms in total. The molecule has 0 aromatic heterocycles. The second-order valence-corrected chi connectivity index (χ2v) is 5.90. The first kappa shape index (κ1) is 16.6. The summed E-state index contributed by atoms with van der Waals surface area (Å²) in [5.41, 5.74) is 5.77. The van der Waals surface area contributed by atoms with Crippen LogP contribution in [-0.4, -0.2) is 49.4 Å². The van der Waals surface area contributed by atoms with Gasteiger partial charge in [-0.25, -0.2) is 5.43 Å². The Labute approximate surface area is 132 Å². The van der Waals surface area contributed by atoms with Gasteiger partial charge in [-0.1, -0.05) is 38.1 Å². The normalized spacial score (nSPS) is 16.8. The van der Waals surface area contributed by atoms with Crippen molar-refractivity contribution in [1.29, 1.82) is 0 Å². The van der Waals surface area contributed by atoms with Crippen LogP contribution in [0.25, 0.3) is 0 Å². The Hall–Kier alpha value is -1.72. The number of ether oxygens (including phenoxy) is 1. The summed E-state index contributed by atoms with van der Waals surface area (Å²) in [5, 5.41) is 4.19. The zero-order valence-corrected chi connectivity index (χ0v) is 13.6. The van der Waals surface area contributed by atoms with Crippen LogP contribution in [0.5, 0.6) is 0 Å². The fourth-order valence-electron chi connectivity index (χ4n) is 2.32. The van der Waals surface area contributed by atoms with E-state index in [1.54, 1.807) is 0 Å². The van der Waals surface area contributed by atoms with Crippen molar-refractivity contribution < 1.29 is 9.53 Å². The van der Waals surface area contributed by atoms with Crippen LogP contribution >= 0.6 is 0 Å². The molecule has 0 saturated carbocycles. The highest BCUT2D eigenvalue weighted by atomic mass is 16.5. The predicted octanol–water partition coefficient (Wildman–Crippen LogP) is 1.98. The van der Waals surface area contributed by atoms with Crippen LogP contribution in [0.4, 0.5) is 0 Å². The number of rotatable bonds is 5. The van der Waals surface area contributed by atoms with Gasteiger partial charge in [0.05, 0.1) is 25.5 Å². The summed E-state index contributed by atoms with van der Waals surface area (Å²) in [5.74, 6) is 0.430. The molecular formula is C17H25N3O2. The third-order valence-corrected chi connectivity index (χ3v) is 3.81. The standard InChI is InChI=1S/C17H25N3O2/c1-13(2)15-4-6-16(7-5-15)14(3)18-19-17(21)12-20-8-10-22-11-9-20/h4-7,13H,8-12H2,1-3H3,(H,19,21)/b18-14-. The van der Waals surface area contributed by atoms with E-state index in [1.165, 1.54) is 5.56 Å². The molecule has 5 heteroatoms. The largest absolute Gasteiger partial charge is 0.379 e. The molecule has 0 bridgehead atoms. The third kappa shape index (κ3) is 4.93. The van der Waals surface area contributed by atoms with Gasteiger partial charge in [-0.3, -0.25) is 9.69 Å². The van der Waals surface area contributed by atoms with Crippen molar-refractivity contribution in [2.24, 2.45) is 5.10 Å². The minimum atomic E-state index is -0.0833. The molecule has 1 saturated heterocycles. The zero-order chi connectivity index (χ0) is 15.9. The monoisotopic (exact) mass is 303 g/mol. The number of amides is 1. The Kier molecular flexibility index (Phi) is 6.10. The number of benzene rings is 1. The van der Waals surface area contributed by atoms with Gasteiger partial charge in [0.15, 0.2) is 0 Å². The molecule has 0 radical (unpaired) electrons. The van der Waals surface area contributed by atoms with Crippen molar-refractivity contribution >= 4 is 11.6 Å². The van der Waals surface area contributed by atoms with E-state index in [0.29, 0.717) is 25.7 Å². The molecule has 120 valence electrons. The summed E-state index contributed by atoms with van der Waals surface area (Å²) in [6, 6.07) is 8.30. The summed E-state index contributed by atoms with van der Waals surface area (Å²) in [4.78, 5) is 14.0. The smallest absolute Gasteiger partial charge is 0.254 e. The molecular weight excluding hydrogens is 278 g/mol. The molecule has 1 N–H and O–H groups in total. The van der Waals surface area contributed by atoms with Crippen molar-refractivity contribution in [3.63, 3.8) is 0 Å². The van der Waals surface area contributed by atoms with E-state index >= 15 is 0 Å². The Balaban J connectivity index is 1.87. The van der Waals surface area contributed by atoms with E-state index in [1.807, 2.05) is 19.1 Å². The average Bonchev–Trinajstić information content (AvgIpc) is 2.53. The van der Waals surface area contributed by atoms with Crippen LogP contribution in [0.3, 0.4) is 0 Å². The molecule has 1 aromatic rings. The highest BCUT2D eigenvalue weighted by molar-refractivity contribution is 5.99. The number of hydrogen-bond acceptors (Lipinski definition) is 4. The summed E-state index contributed by atoms with van der Waals surface area (Å²) in [6.45, 7) is 9.59. The molecule has 2 rings (SSSR count). The fourth-order valence-corrected chi connectivity index (χ4v) is 2.32. The lowest BCUT2D eigenvalue weighted by molar-refractivity contribution is -0.123. The number of hydrogen-bond donors (Lipinski definition) is 1. The maximum atomic E-state index is 11.9. The van der Waals surface area contributed by atoms with Crippen LogP contribution < -0.4 is 5.43 Å².